The van der Waals surface area contributed by atoms with Crippen molar-refractivity contribution in [2.75, 3.05) is 18.0 Å². The number of carbonyl (C=O) groups is 1. The molecule has 3 fully saturated rings. The van der Waals surface area contributed by atoms with Crippen LogP contribution < -0.4 is 4.90 Å². The number of rotatable bonds is 3. The molecule has 3 nitrogen and oxygen atoms in total. The highest BCUT2D eigenvalue weighted by Gasteiger charge is 2.51. The van der Waals surface area contributed by atoms with Gasteiger partial charge in [0.1, 0.15) is 5.82 Å². The van der Waals surface area contributed by atoms with Gasteiger partial charge in [0.15, 0.2) is 0 Å². The standard InChI is InChI=1S/C21H29FN2O/c1-15(25)24(18-5-3-17(22)4-6-18)19-8-11-23(12-9-19)20-13-16-7-10-21(20,2)14-16/h3-6,16,19-20H,7-14H2,1-2H3/t16-,20?,21+/m0/s1. The number of nitrogens with zero attached hydrogens (tertiary/aromatic N) is 2. The second-order valence-corrected chi connectivity index (χ2v) is 8.65. The Morgan fingerprint density at radius 2 is 1.88 bits per heavy atom. The van der Waals surface area contributed by atoms with E-state index < -0.39 is 0 Å². The number of likely N-dealkylation sites (tertiary alicyclic amines) is 1. The van der Waals surface area contributed by atoms with E-state index in [1.807, 2.05) is 4.90 Å². The summed E-state index contributed by atoms with van der Waals surface area (Å²) in [5.74, 6) is 0.740. The summed E-state index contributed by atoms with van der Waals surface area (Å²) in [5, 5.41) is 0. The van der Waals surface area contributed by atoms with Gasteiger partial charge in [-0.1, -0.05) is 6.92 Å². The summed E-state index contributed by atoms with van der Waals surface area (Å²) in [7, 11) is 0. The summed E-state index contributed by atoms with van der Waals surface area (Å²) in [4.78, 5) is 16.8. The Morgan fingerprint density at radius 3 is 2.40 bits per heavy atom. The molecule has 1 aliphatic heterocycles. The van der Waals surface area contributed by atoms with E-state index in [1.54, 1.807) is 19.1 Å². The highest BCUT2D eigenvalue weighted by molar-refractivity contribution is 5.92. The van der Waals surface area contributed by atoms with E-state index in [2.05, 4.69) is 11.8 Å². The van der Waals surface area contributed by atoms with E-state index in [1.165, 1.54) is 37.8 Å². The van der Waals surface area contributed by atoms with Crippen LogP contribution in [0, 0.1) is 17.2 Å². The molecule has 1 aromatic carbocycles. The highest BCUT2D eigenvalue weighted by Crippen LogP contribution is 2.55. The molecule has 1 saturated heterocycles. The maximum Gasteiger partial charge on any atom is 0.224 e. The first-order valence-corrected chi connectivity index (χ1v) is 9.76. The Hall–Kier alpha value is -1.42. The quantitative estimate of drug-likeness (QED) is 0.819. The van der Waals surface area contributed by atoms with Gasteiger partial charge in [0.2, 0.25) is 5.91 Å². The average molecular weight is 344 g/mol. The van der Waals surface area contributed by atoms with Crippen LogP contribution in [0.5, 0.6) is 0 Å². The lowest BCUT2D eigenvalue weighted by Crippen LogP contribution is -2.52. The van der Waals surface area contributed by atoms with E-state index in [-0.39, 0.29) is 17.8 Å². The molecule has 1 amide bonds. The van der Waals surface area contributed by atoms with Crippen molar-refractivity contribution in [3.05, 3.63) is 30.1 Å². The van der Waals surface area contributed by atoms with Crippen molar-refractivity contribution in [3.8, 4) is 0 Å². The third-order valence-corrected chi connectivity index (χ3v) is 6.99. The summed E-state index contributed by atoms with van der Waals surface area (Å²) < 4.78 is 13.2. The van der Waals surface area contributed by atoms with Gasteiger partial charge >= 0.3 is 0 Å². The molecule has 3 aliphatic rings. The maximum absolute atomic E-state index is 13.2. The van der Waals surface area contributed by atoms with Crippen molar-refractivity contribution in [2.45, 2.75) is 64.5 Å². The molecule has 3 atom stereocenters. The Labute approximate surface area is 150 Å². The topological polar surface area (TPSA) is 23.6 Å². The fraction of sp³-hybridized carbons (Fsp3) is 0.667. The molecule has 0 radical (unpaired) electrons. The molecule has 1 heterocycles. The summed E-state index contributed by atoms with van der Waals surface area (Å²) in [6.45, 7) is 6.25. The molecule has 4 heteroatoms. The monoisotopic (exact) mass is 344 g/mol. The maximum atomic E-state index is 13.2. The Balaban J connectivity index is 1.43. The first-order valence-electron chi connectivity index (χ1n) is 9.76. The number of fused-ring (bicyclic) bond motifs is 2. The van der Waals surface area contributed by atoms with E-state index >= 15 is 0 Å². The fourth-order valence-corrected chi connectivity index (χ4v) is 5.80. The number of hydrogen-bond donors (Lipinski definition) is 0. The lowest BCUT2D eigenvalue weighted by molar-refractivity contribution is -0.117. The highest BCUT2D eigenvalue weighted by atomic mass is 19.1. The first-order chi connectivity index (χ1) is 12.0. The van der Waals surface area contributed by atoms with Crippen LogP contribution in [0.3, 0.4) is 0 Å². The SMILES string of the molecule is CC(=O)N(c1ccc(F)cc1)C1CCN(C2C[C@@H]3CC[C@]2(C)C3)CC1. The van der Waals surface area contributed by atoms with Gasteiger partial charge in [0, 0.05) is 37.8 Å². The number of hydrogen-bond acceptors (Lipinski definition) is 2. The molecule has 4 rings (SSSR count). The van der Waals surface area contributed by atoms with Crippen molar-refractivity contribution in [1.29, 1.82) is 0 Å². The molecule has 25 heavy (non-hydrogen) atoms. The van der Waals surface area contributed by atoms with Gasteiger partial charge in [-0.2, -0.15) is 0 Å². The lowest BCUT2D eigenvalue weighted by atomic mass is 9.80. The Bertz CT molecular complexity index is 638. The van der Waals surface area contributed by atoms with E-state index in [0.717, 1.165) is 43.6 Å². The fourth-order valence-electron chi connectivity index (χ4n) is 5.80. The molecule has 2 aliphatic carbocycles. The molecule has 1 aromatic rings. The van der Waals surface area contributed by atoms with Gasteiger partial charge in [-0.15, -0.1) is 0 Å². The van der Waals surface area contributed by atoms with Crippen molar-refractivity contribution < 1.29 is 9.18 Å². The van der Waals surface area contributed by atoms with E-state index in [0.29, 0.717) is 5.41 Å². The van der Waals surface area contributed by atoms with Gasteiger partial charge in [-0.3, -0.25) is 9.69 Å². The van der Waals surface area contributed by atoms with Crippen molar-refractivity contribution in [3.63, 3.8) is 0 Å². The summed E-state index contributed by atoms with van der Waals surface area (Å²) in [6.07, 6.45) is 7.61. The molecular formula is C21H29FN2O. The number of carbonyl (C=O) groups excluding carboxylic acids is 1. The zero-order valence-corrected chi connectivity index (χ0v) is 15.4. The Kier molecular flexibility index (Phi) is 4.35. The molecule has 0 N–H and O–H groups in total. The van der Waals surface area contributed by atoms with Crippen LogP contribution in [-0.4, -0.2) is 36.0 Å². The van der Waals surface area contributed by atoms with Crippen molar-refractivity contribution in [2.24, 2.45) is 11.3 Å². The molecular weight excluding hydrogens is 315 g/mol. The van der Waals surface area contributed by atoms with Crippen LogP contribution in [0.25, 0.3) is 0 Å². The minimum atomic E-state index is -0.258. The number of anilines is 1. The van der Waals surface area contributed by atoms with Crippen LogP contribution >= 0.6 is 0 Å². The zero-order valence-electron chi connectivity index (χ0n) is 15.4. The normalized spacial score (nSPS) is 32.9. The van der Waals surface area contributed by atoms with Gasteiger partial charge in [-0.05, 0) is 74.1 Å². The number of benzene rings is 1. The molecule has 0 aromatic heterocycles. The molecule has 136 valence electrons. The summed E-state index contributed by atoms with van der Waals surface area (Å²) >= 11 is 0. The predicted octanol–water partition coefficient (Wildman–Crippen LogP) is 4.22. The molecule has 2 bridgehead atoms. The minimum Gasteiger partial charge on any atom is -0.310 e. The lowest BCUT2D eigenvalue weighted by Gasteiger charge is -2.45. The predicted molar refractivity (Wildman–Crippen MR) is 98.0 cm³/mol. The second kappa shape index (κ2) is 6.39. The second-order valence-electron chi connectivity index (χ2n) is 8.65. The largest absolute Gasteiger partial charge is 0.310 e. The van der Waals surface area contributed by atoms with Crippen LogP contribution in [0.2, 0.25) is 0 Å². The summed E-state index contributed by atoms with van der Waals surface area (Å²) in [6, 6.07) is 7.29. The third kappa shape index (κ3) is 3.10. The van der Waals surface area contributed by atoms with Gasteiger partial charge in [0.25, 0.3) is 0 Å². The van der Waals surface area contributed by atoms with Gasteiger partial charge in [0.05, 0.1) is 0 Å². The minimum absolute atomic E-state index is 0.0527. The number of amides is 1. The van der Waals surface area contributed by atoms with Crippen LogP contribution in [0.1, 0.15) is 52.4 Å². The van der Waals surface area contributed by atoms with Gasteiger partial charge in [-0.25, -0.2) is 4.39 Å². The third-order valence-electron chi connectivity index (χ3n) is 6.99. The first kappa shape index (κ1) is 17.0. The molecule has 1 unspecified atom stereocenters. The van der Waals surface area contributed by atoms with Crippen LogP contribution in [0.15, 0.2) is 24.3 Å². The number of piperidine rings is 1. The number of halogens is 1. The van der Waals surface area contributed by atoms with Gasteiger partial charge < -0.3 is 4.90 Å². The van der Waals surface area contributed by atoms with E-state index in [4.69, 9.17) is 0 Å². The summed E-state index contributed by atoms with van der Waals surface area (Å²) in [5.41, 5.74) is 1.34. The van der Waals surface area contributed by atoms with Crippen molar-refractivity contribution >= 4 is 11.6 Å². The zero-order chi connectivity index (χ0) is 17.6. The van der Waals surface area contributed by atoms with Crippen LogP contribution in [-0.2, 0) is 4.79 Å². The smallest absolute Gasteiger partial charge is 0.224 e. The van der Waals surface area contributed by atoms with Crippen LogP contribution in [0.4, 0.5) is 10.1 Å². The molecule has 2 saturated carbocycles. The van der Waals surface area contributed by atoms with Crippen molar-refractivity contribution in [1.82, 2.24) is 4.90 Å². The Morgan fingerprint density at radius 1 is 1.20 bits per heavy atom. The average Bonchev–Trinajstić information content (AvgIpc) is 3.13. The molecule has 0 spiro atoms. The van der Waals surface area contributed by atoms with E-state index in [9.17, 15) is 9.18 Å².